The summed E-state index contributed by atoms with van der Waals surface area (Å²) in [5, 5.41) is 2.57. The van der Waals surface area contributed by atoms with Crippen LogP contribution in [0.5, 0.6) is 5.75 Å². The molecule has 1 aromatic rings. The van der Waals surface area contributed by atoms with Crippen LogP contribution in [0.15, 0.2) is 30.3 Å². The molecule has 0 aliphatic carbocycles. The van der Waals surface area contributed by atoms with Gasteiger partial charge >= 0.3 is 11.8 Å². The maximum atomic E-state index is 11.5. The predicted octanol–water partition coefficient (Wildman–Crippen LogP) is -1.13. The number of morpholine rings is 1. The standard InChI is InChI=1S/C15H22N4O4/c16-18-15(21)14(20)17-10-12(19-6-8-22-9-7-19)11-23-13-4-2-1-3-5-13/h1-5,12H,6-11,16H2,(H,17,20)(H,18,21). The Hall–Kier alpha value is -2.16. The van der Waals surface area contributed by atoms with E-state index in [0.717, 1.165) is 18.8 Å². The van der Waals surface area contributed by atoms with Gasteiger partial charge < -0.3 is 14.8 Å². The molecule has 0 radical (unpaired) electrons. The third kappa shape index (κ3) is 5.51. The van der Waals surface area contributed by atoms with Crippen molar-refractivity contribution in [1.82, 2.24) is 15.6 Å². The SMILES string of the molecule is NNC(=O)C(=O)NCC(COc1ccccc1)N1CCOCC1. The molecule has 8 nitrogen and oxygen atoms in total. The van der Waals surface area contributed by atoms with E-state index in [4.69, 9.17) is 15.3 Å². The van der Waals surface area contributed by atoms with E-state index in [0.29, 0.717) is 26.4 Å². The van der Waals surface area contributed by atoms with Gasteiger partial charge in [-0.3, -0.25) is 19.9 Å². The average Bonchev–Trinajstić information content (AvgIpc) is 2.62. The first-order chi connectivity index (χ1) is 11.2. The third-order valence-electron chi connectivity index (χ3n) is 3.58. The van der Waals surface area contributed by atoms with E-state index in [1.54, 1.807) is 0 Å². The average molecular weight is 322 g/mol. The van der Waals surface area contributed by atoms with E-state index in [1.807, 2.05) is 35.8 Å². The van der Waals surface area contributed by atoms with Crippen molar-refractivity contribution in [3.05, 3.63) is 30.3 Å². The van der Waals surface area contributed by atoms with Gasteiger partial charge in [-0.2, -0.15) is 0 Å². The van der Waals surface area contributed by atoms with Gasteiger partial charge in [0, 0.05) is 19.6 Å². The van der Waals surface area contributed by atoms with Gasteiger partial charge in [-0.15, -0.1) is 0 Å². The van der Waals surface area contributed by atoms with Gasteiger partial charge in [0.05, 0.1) is 19.3 Å². The van der Waals surface area contributed by atoms with E-state index in [2.05, 4.69) is 10.2 Å². The molecule has 2 amide bonds. The minimum atomic E-state index is -0.866. The molecule has 0 aromatic heterocycles. The first kappa shape index (κ1) is 17.2. The fourth-order valence-electron chi connectivity index (χ4n) is 2.30. The van der Waals surface area contributed by atoms with Crippen LogP contribution >= 0.6 is 0 Å². The number of carbonyl (C=O) groups is 2. The molecule has 0 spiro atoms. The molecule has 8 heteroatoms. The summed E-state index contributed by atoms with van der Waals surface area (Å²) in [5.74, 6) is 4.08. The molecule has 0 saturated carbocycles. The van der Waals surface area contributed by atoms with Crippen LogP contribution in [0.25, 0.3) is 0 Å². The number of para-hydroxylation sites is 1. The maximum Gasteiger partial charge on any atom is 0.323 e. The molecule has 1 saturated heterocycles. The van der Waals surface area contributed by atoms with Crippen molar-refractivity contribution >= 4 is 11.8 Å². The summed E-state index contributed by atoms with van der Waals surface area (Å²) in [7, 11) is 0. The topological polar surface area (TPSA) is 106 Å². The second kappa shape index (κ2) is 9.09. The summed E-state index contributed by atoms with van der Waals surface area (Å²) in [5.41, 5.74) is 1.81. The number of nitrogens with zero attached hydrogens (tertiary/aromatic N) is 1. The lowest BCUT2D eigenvalue weighted by Gasteiger charge is -2.34. The Labute approximate surface area is 134 Å². The van der Waals surface area contributed by atoms with Gasteiger partial charge in [-0.25, -0.2) is 5.84 Å². The van der Waals surface area contributed by atoms with Crippen molar-refractivity contribution in [2.45, 2.75) is 6.04 Å². The highest BCUT2D eigenvalue weighted by Crippen LogP contribution is 2.11. The molecule has 4 N–H and O–H groups in total. The number of benzene rings is 1. The van der Waals surface area contributed by atoms with Crippen LogP contribution in [0, 0.1) is 0 Å². The largest absolute Gasteiger partial charge is 0.492 e. The molecule has 23 heavy (non-hydrogen) atoms. The van der Waals surface area contributed by atoms with Gasteiger partial charge in [0.2, 0.25) is 0 Å². The minimum Gasteiger partial charge on any atom is -0.492 e. The zero-order valence-electron chi connectivity index (χ0n) is 12.9. The summed E-state index contributed by atoms with van der Waals surface area (Å²) in [6.45, 7) is 3.47. The van der Waals surface area contributed by atoms with Crippen molar-refractivity contribution in [2.24, 2.45) is 5.84 Å². The van der Waals surface area contributed by atoms with E-state index < -0.39 is 11.8 Å². The molecule has 1 fully saturated rings. The molecule has 2 rings (SSSR count). The molecule has 1 heterocycles. The first-order valence-electron chi connectivity index (χ1n) is 7.49. The van der Waals surface area contributed by atoms with Crippen molar-refractivity contribution in [3.63, 3.8) is 0 Å². The normalized spacial score (nSPS) is 16.4. The monoisotopic (exact) mass is 322 g/mol. The van der Waals surface area contributed by atoms with E-state index in [1.165, 1.54) is 0 Å². The van der Waals surface area contributed by atoms with Crippen LogP contribution in [0.1, 0.15) is 0 Å². The van der Waals surface area contributed by atoms with E-state index in [9.17, 15) is 9.59 Å². The summed E-state index contributed by atoms with van der Waals surface area (Å²) in [6.07, 6.45) is 0. The van der Waals surface area contributed by atoms with Crippen LogP contribution in [0.3, 0.4) is 0 Å². The molecular weight excluding hydrogens is 300 g/mol. The molecule has 1 aliphatic heterocycles. The Morgan fingerprint density at radius 2 is 1.91 bits per heavy atom. The Morgan fingerprint density at radius 1 is 1.22 bits per heavy atom. The smallest absolute Gasteiger partial charge is 0.323 e. The van der Waals surface area contributed by atoms with Crippen LogP contribution in [-0.2, 0) is 14.3 Å². The minimum absolute atomic E-state index is 0.0615. The Bertz CT molecular complexity index is 505. The van der Waals surface area contributed by atoms with Crippen LogP contribution < -0.4 is 21.3 Å². The lowest BCUT2D eigenvalue weighted by Crippen LogP contribution is -2.53. The molecule has 1 atom stereocenters. The number of nitrogens with two attached hydrogens (primary N) is 1. The quantitative estimate of drug-likeness (QED) is 0.265. The van der Waals surface area contributed by atoms with Gasteiger partial charge in [0.15, 0.2) is 0 Å². The number of ether oxygens (including phenoxy) is 2. The van der Waals surface area contributed by atoms with Crippen molar-refractivity contribution in [2.75, 3.05) is 39.5 Å². The molecule has 0 bridgehead atoms. The molecular formula is C15H22N4O4. The number of nitrogens with one attached hydrogen (secondary N) is 2. The van der Waals surface area contributed by atoms with Crippen molar-refractivity contribution in [1.29, 1.82) is 0 Å². The highest BCUT2D eigenvalue weighted by atomic mass is 16.5. The van der Waals surface area contributed by atoms with Gasteiger partial charge in [-0.05, 0) is 12.1 Å². The van der Waals surface area contributed by atoms with Gasteiger partial charge in [0.25, 0.3) is 0 Å². The lowest BCUT2D eigenvalue weighted by molar-refractivity contribution is -0.139. The number of hydrazine groups is 1. The number of hydrogen-bond acceptors (Lipinski definition) is 6. The zero-order chi connectivity index (χ0) is 16.5. The first-order valence-corrected chi connectivity index (χ1v) is 7.49. The Morgan fingerprint density at radius 3 is 2.57 bits per heavy atom. The van der Waals surface area contributed by atoms with E-state index in [-0.39, 0.29) is 6.04 Å². The fourth-order valence-corrected chi connectivity index (χ4v) is 2.30. The molecule has 1 unspecified atom stereocenters. The Kier molecular flexibility index (Phi) is 6.79. The summed E-state index contributed by atoms with van der Waals surface area (Å²) in [6, 6.07) is 9.39. The fraction of sp³-hybridized carbons (Fsp3) is 0.467. The number of hydrogen-bond donors (Lipinski definition) is 3. The maximum absolute atomic E-state index is 11.5. The summed E-state index contributed by atoms with van der Waals surface area (Å²) < 4.78 is 11.1. The molecule has 1 aliphatic rings. The summed E-state index contributed by atoms with van der Waals surface area (Å²) >= 11 is 0. The second-order valence-corrected chi connectivity index (χ2v) is 5.11. The van der Waals surface area contributed by atoms with Crippen molar-refractivity contribution < 1.29 is 19.1 Å². The summed E-state index contributed by atoms with van der Waals surface area (Å²) in [4.78, 5) is 24.9. The van der Waals surface area contributed by atoms with E-state index >= 15 is 0 Å². The van der Waals surface area contributed by atoms with Gasteiger partial charge in [0.1, 0.15) is 12.4 Å². The van der Waals surface area contributed by atoms with Crippen LogP contribution in [0.2, 0.25) is 0 Å². The van der Waals surface area contributed by atoms with Gasteiger partial charge in [-0.1, -0.05) is 18.2 Å². The van der Waals surface area contributed by atoms with Crippen LogP contribution in [-0.4, -0.2) is 62.2 Å². The highest BCUT2D eigenvalue weighted by Gasteiger charge is 2.23. The third-order valence-corrected chi connectivity index (χ3v) is 3.58. The molecule has 126 valence electrons. The number of amides is 2. The van der Waals surface area contributed by atoms with Crippen molar-refractivity contribution in [3.8, 4) is 5.75 Å². The predicted molar refractivity (Wildman–Crippen MR) is 83.5 cm³/mol. The highest BCUT2D eigenvalue weighted by molar-refractivity contribution is 6.34. The van der Waals surface area contributed by atoms with Crippen LogP contribution in [0.4, 0.5) is 0 Å². The number of rotatable bonds is 6. The second-order valence-electron chi connectivity index (χ2n) is 5.11. The Balaban J connectivity index is 1.91. The lowest BCUT2D eigenvalue weighted by atomic mass is 10.2. The molecule has 1 aromatic carbocycles. The zero-order valence-corrected chi connectivity index (χ0v) is 12.9. The number of carbonyl (C=O) groups excluding carboxylic acids is 2.